The van der Waals surface area contributed by atoms with Gasteiger partial charge in [0.05, 0.1) is 5.39 Å². The van der Waals surface area contributed by atoms with Crippen LogP contribution in [0.3, 0.4) is 0 Å². The highest BCUT2D eigenvalue weighted by atomic mass is 35.5. The topological polar surface area (TPSA) is 32.3 Å². The Balaban J connectivity index is 1.76. The van der Waals surface area contributed by atoms with Crippen LogP contribution in [-0.2, 0) is 0 Å². The molecule has 0 atom stereocenters. The molecule has 0 N–H and O–H groups in total. The minimum atomic E-state index is 0.755. The normalized spacial score (nSPS) is 16.0. The number of fused-ring (bicyclic) bond motifs is 1. The van der Waals surface area contributed by atoms with Crippen molar-refractivity contribution in [1.29, 1.82) is 0 Å². The Bertz CT molecular complexity index is 838. The highest BCUT2D eigenvalue weighted by Crippen LogP contribution is 2.38. The first-order valence-corrected chi connectivity index (χ1v) is 9.47. The Morgan fingerprint density at radius 2 is 1.83 bits per heavy atom. The third-order valence-corrected chi connectivity index (χ3v) is 5.76. The van der Waals surface area contributed by atoms with Crippen molar-refractivity contribution in [2.45, 2.75) is 6.92 Å². The number of thiophene rings is 1. The van der Waals surface area contributed by atoms with Crippen molar-refractivity contribution in [3.63, 3.8) is 0 Å². The van der Waals surface area contributed by atoms with Crippen LogP contribution in [0.15, 0.2) is 36.0 Å². The van der Waals surface area contributed by atoms with Gasteiger partial charge in [0.15, 0.2) is 0 Å². The van der Waals surface area contributed by atoms with Crippen LogP contribution in [0.5, 0.6) is 0 Å². The van der Waals surface area contributed by atoms with E-state index in [9.17, 15) is 0 Å². The number of nitrogens with zero attached hydrogens (tertiary/aromatic N) is 4. The van der Waals surface area contributed by atoms with Gasteiger partial charge in [0.2, 0.25) is 0 Å². The van der Waals surface area contributed by atoms with Crippen LogP contribution in [0.4, 0.5) is 5.82 Å². The summed E-state index contributed by atoms with van der Waals surface area (Å²) in [4.78, 5) is 15.0. The maximum Gasteiger partial charge on any atom is 0.141 e. The van der Waals surface area contributed by atoms with Crippen LogP contribution in [0.2, 0.25) is 5.02 Å². The molecule has 1 aliphatic heterocycles. The standard InChI is InChI=1S/C18H19ClN4S/c1-2-22-7-9-23(10-8-22)17-16-15(11-24-18(16)21-12-20-17)13-3-5-14(19)6-4-13/h3-6,11-12H,2,7-10H2,1H3. The minimum Gasteiger partial charge on any atom is -0.353 e. The minimum absolute atomic E-state index is 0.755. The molecule has 6 heteroatoms. The fraction of sp³-hybridized carbons (Fsp3) is 0.333. The smallest absolute Gasteiger partial charge is 0.141 e. The monoisotopic (exact) mass is 358 g/mol. The van der Waals surface area contributed by atoms with Crippen LogP contribution in [-0.4, -0.2) is 47.6 Å². The summed E-state index contributed by atoms with van der Waals surface area (Å²) in [5.41, 5.74) is 2.36. The van der Waals surface area contributed by atoms with Gasteiger partial charge in [0.25, 0.3) is 0 Å². The Labute approximate surface area is 150 Å². The molecule has 3 aromatic rings. The van der Waals surface area contributed by atoms with E-state index in [1.54, 1.807) is 17.7 Å². The van der Waals surface area contributed by atoms with E-state index in [4.69, 9.17) is 11.6 Å². The van der Waals surface area contributed by atoms with Crippen LogP contribution < -0.4 is 4.90 Å². The molecule has 0 aliphatic carbocycles. The van der Waals surface area contributed by atoms with E-state index in [1.165, 1.54) is 5.56 Å². The molecule has 124 valence electrons. The lowest BCUT2D eigenvalue weighted by Crippen LogP contribution is -2.46. The molecule has 1 aromatic carbocycles. The quantitative estimate of drug-likeness (QED) is 0.704. The molecular weight excluding hydrogens is 340 g/mol. The van der Waals surface area contributed by atoms with Gasteiger partial charge in [0, 0.05) is 42.1 Å². The lowest BCUT2D eigenvalue weighted by Gasteiger charge is -2.35. The Kier molecular flexibility index (Phi) is 4.39. The van der Waals surface area contributed by atoms with Crippen LogP contribution in [0, 0.1) is 0 Å². The van der Waals surface area contributed by atoms with Crippen LogP contribution in [0.1, 0.15) is 6.92 Å². The first-order valence-electron chi connectivity index (χ1n) is 8.21. The zero-order chi connectivity index (χ0) is 16.5. The average Bonchev–Trinajstić information content (AvgIpc) is 3.07. The van der Waals surface area contributed by atoms with Crippen LogP contribution >= 0.6 is 22.9 Å². The van der Waals surface area contributed by atoms with E-state index in [2.05, 4.69) is 44.2 Å². The summed E-state index contributed by atoms with van der Waals surface area (Å²) in [6, 6.07) is 8.00. The van der Waals surface area contributed by atoms with Gasteiger partial charge in [-0.15, -0.1) is 11.3 Å². The summed E-state index contributed by atoms with van der Waals surface area (Å²) in [5, 5.41) is 4.09. The number of hydrogen-bond acceptors (Lipinski definition) is 5. The van der Waals surface area contributed by atoms with Crippen LogP contribution in [0.25, 0.3) is 21.3 Å². The van der Waals surface area contributed by atoms with Crippen molar-refractivity contribution in [2.24, 2.45) is 0 Å². The van der Waals surface area contributed by atoms with Crippen molar-refractivity contribution < 1.29 is 0 Å². The Morgan fingerprint density at radius 3 is 2.54 bits per heavy atom. The fourth-order valence-electron chi connectivity index (χ4n) is 3.22. The molecule has 24 heavy (non-hydrogen) atoms. The molecule has 0 unspecified atom stereocenters. The summed E-state index contributed by atoms with van der Waals surface area (Å²) in [5.74, 6) is 1.06. The molecule has 0 spiro atoms. The lowest BCUT2D eigenvalue weighted by atomic mass is 10.1. The molecule has 4 nitrogen and oxygen atoms in total. The molecule has 0 saturated carbocycles. The number of piperazine rings is 1. The maximum absolute atomic E-state index is 6.04. The molecule has 1 saturated heterocycles. The van der Waals surface area contributed by atoms with Crippen molar-refractivity contribution in [3.8, 4) is 11.1 Å². The molecule has 0 amide bonds. The van der Waals surface area contributed by atoms with Crippen molar-refractivity contribution in [3.05, 3.63) is 41.0 Å². The van der Waals surface area contributed by atoms with E-state index >= 15 is 0 Å². The van der Waals surface area contributed by atoms with E-state index in [-0.39, 0.29) is 0 Å². The summed E-state index contributed by atoms with van der Waals surface area (Å²) in [7, 11) is 0. The first kappa shape index (κ1) is 15.8. The Morgan fingerprint density at radius 1 is 1.08 bits per heavy atom. The number of rotatable bonds is 3. The lowest BCUT2D eigenvalue weighted by molar-refractivity contribution is 0.271. The highest BCUT2D eigenvalue weighted by molar-refractivity contribution is 7.17. The first-order chi connectivity index (χ1) is 11.8. The van der Waals surface area contributed by atoms with Gasteiger partial charge in [-0.2, -0.15) is 0 Å². The summed E-state index contributed by atoms with van der Waals surface area (Å²) < 4.78 is 0. The highest BCUT2D eigenvalue weighted by Gasteiger charge is 2.21. The van der Waals surface area contributed by atoms with Crippen molar-refractivity contribution in [1.82, 2.24) is 14.9 Å². The van der Waals surface area contributed by atoms with Gasteiger partial charge >= 0.3 is 0 Å². The second-order valence-electron chi connectivity index (χ2n) is 5.96. The number of hydrogen-bond donors (Lipinski definition) is 0. The number of anilines is 1. The van der Waals surface area contributed by atoms with E-state index in [1.807, 2.05) is 12.1 Å². The van der Waals surface area contributed by atoms with Crippen molar-refractivity contribution in [2.75, 3.05) is 37.6 Å². The zero-order valence-electron chi connectivity index (χ0n) is 13.6. The number of benzene rings is 1. The average molecular weight is 359 g/mol. The van der Waals surface area contributed by atoms with Gasteiger partial charge in [0.1, 0.15) is 17.0 Å². The number of likely N-dealkylation sites (N-methyl/N-ethyl adjacent to an activating group) is 1. The molecule has 1 fully saturated rings. The molecule has 1 aliphatic rings. The second kappa shape index (κ2) is 6.67. The molecule has 3 heterocycles. The summed E-state index contributed by atoms with van der Waals surface area (Å²) in [6.07, 6.45) is 1.69. The predicted molar refractivity (Wildman–Crippen MR) is 102 cm³/mol. The summed E-state index contributed by atoms with van der Waals surface area (Å²) >= 11 is 7.71. The molecule has 2 aromatic heterocycles. The molecule has 0 radical (unpaired) electrons. The predicted octanol–water partition coefficient (Wildman–Crippen LogP) is 4.15. The van der Waals surface area contributed by atoms with Gasteiger partial charge in [-0.05, 0) is 24.2 Å². The fourth-order valence-corrected chi connectivity index (χ4v) is 4.25. The third kappa shape index (κ3) is 2.88. The SMILES string of the molecule is CCN1CCN(c2ncnc3scc(-c4ccc(Cl)cc4)c23)CC1. The maximum atomic E-state index is 6.04. The molecule has 0 bridgehead atoms. The van der Waals surface area contributed by atoms with Crippen molar-refractivity contribution >= 4 is 39.0 Å². The molecular formula is C18H19ClN4S. The zero-order valence-corrected chi connectivity index (χ0v) is 15.1. The number of halogens is 1. The third-order valence-electron chi connectivity index (χ3n) is 4.62. The largest absolute Gasteiger partial charge is 0.353 e. The summed E-state index contributed by atoms with van der Waals surface area (Å²) in [6.45, 7) is 7.52. The second-order valence-corrected chi connectivity index (χ2v) is 7.25. The van der Waals surface area contributed by atoms with Gasteiger partial charge in [-0.25, -0.2) is 9.97 Å². The molecule has 4 rings (SSSR count). The van der Waals surface area contributed by atoms with Gasteiger partial charge in [-0.1, -0.05) is 30.7 Å². The van der Waals surface area contributed by atoms with E-state index < -0.39 is 0 Å². The van der Waals surface area contributed by atoms with E-state index in [0.717, 1.165) is 59.3 Å². The van der Waals surface area contributed by atoms with E-state index in [0.29, 0.717) is 0 Å². The van der Waals surface area contributed by atoms with Gasteiger partial charge < -0.3 is 9.80 Å². The Hall–Kier alpha value is -1.69. The van der Waals surface area contributed by atoms with Gasteiger partial charge in [-0.3, -0.25) is 0 Å². The number of aromatic nitrogens is 2.